The third kappa shape index (κ3) is 6.06. The second kappa shape index (κ2) is 11.4. The summed E-state index contributed by atoms with van der Waals surface area (Å²) in [5.74, 6) is -3.93. The zero-order chi connectivity index (χ0) is 34.4. The van der Waals surface area contributed by atoms with Gasteiger partial charge in [-0.1, -0.05) is 23.7 Å². The van der Waals surface area contributed by atoms with Gasteiger partial charge in [0.2, 0.25) is 5.91 Å². The van der Waals surface area contributed by atoms with E-state index in [0.29, 0.717) is 16.8 Å². The molecule has 2 heterocycles. The summed E-state index contributed by atoms with van der Waals surface area (Å²) in [5, 5.41) is 8.83. The second-order valence-corrected chi connectivity index (χ2v) is 8.74. The van der Waals surface area contributed by atoms with E-state index in [0.717, 1.165) is 36.2 Å². The van der Waals surface area contributed by atoms with E-state index in [1.54, 1.807) is 0 Å². The number of aromatic nitrogens is 4. The predicted molar refractivity (Wildman–Crippen MR) is 140 cm³/mol. The molecule has 3 N–H and O–H groups in total. The van der Waals surface area contributed by atoms with E-state index in [1.165, 1.54) is 18.2 Å². The van der Waals surface area contributed by atoms with E-state index in [4.69, 9.17) is 28.9 Å². The van der Waals surface area contributed by atoms with Crippen molar-refractivity contribution in [3.05, 3.63) is 87.3 Å². The fraction of sp³-hybridized carbons (Fsp3) is 0.192. The molecule has 0 aliphatic carbocycles. The van der Waals surface area contributed by atoms with Gasteiger partial charge in [0.05, 0.1) is 30.8 Å². The predicted octanol–water partition coefficient (Wildman–Crippen LogP) is 4.60. The summed E-state index contributed by atoms with van der Waals surface area (Å²) >= 11 is 6.15. The summed E-state index contributed by atoms with van der Waals surface area (Å²) < 4.78 is 100. The van der Waals surface area contributed by atoms with Crippen molar-refractivity contribution < 1.29 is 38.7 Å². The van der Waals surface area contributed by atoms with E-state index in [1.807, 2.05) is 0 Å². The lowest BCUT2D eigenvalue weighted by molar-refractivity contribution is -0.141. The number of halogens is 5. The Hall–Kier alpha value is -4.72. The third-order valence-corrected chi connectivity index (χ3v) is 5.94. The Balaban J connectivity index is 1.88. The van der Waals surface area contributed by atoms with E-state index >= 15 is 0 Å². The molecule has 0 saturated carbocycles. The standard InChI is InChI=1S/C26H21ClF4N6O4/c1-3-19(25(40)33-14-5-6-15(24(32)39)18(28)9-14)36-11-21(41-2)17(10-23(36)38)16-8-13(27)4-7-20(16)37-12-22(34-35-37)26(29,30)31/h4-12,19H,3H2,1-2H3,(H2,32,39)(H,33,40)/t19-/m0/s1/i1D3,3D2. The van der Waals surface area contributed by atoms with Gasteiger partial charge >= 0.3 is 6.18 Å². The topological polar surface area (TPSA) is 134 Å². The van der Waals surface area contributed by atoms with E-state index in [2.05, 4.69) is 15.6 Å². The fourth-order valence-corrected chi connectivity index (χ4v) is 3.98. The molecular formula is C26H21ClF4N6O4. The van der Waals surface area contributed by atoms with Crippen LogP contribution in [0.2, 0.25) is 5.02 Å². The summed E-state index contributed by atoms with van der Waals surface area (Å²) in [4.78, 5) is 38.4. The van der Waals surface area contributed by atoms with Crippen LogP contribution in [0.1, 0.15) is 42.2 Å². The molecule has 0 saturated heterocycles. The van der Waals surface area contributed by atoms with Crippen LogP contribution in [0, 0.1) is 5.82 Å². The van der Waals surface area contributed by atoms with Gasteiger partial charge in [-0.15, -0.1) is 5.10 Å². The van der Waals surface area contributed by atoms with Gasteiger partial charge < -0.3 is 15.8 Å². The number of methoxy groups -OCH3 is 1. The minimum absolute atomic E-state index is 0.00271. The SMILES string of the molecule is [2H]C([2H])([2H])C([2H])([2H])[C@@H](C(=O)Nc1ccc(C(N)=O)c(F)c1)n1cc(OC)c(-c2cc(Cl)ccc2-n2cc(C(F)(F)F)nn2)cc1=O. The number of nitrogens with two attached hydrogens (primary N) is 1. The number of ether oxygens (including phenoxy) is 1. The minimum atomic E-state index is -4.82. The first-order chi connectivity index (χ1) is 21.3. The summed E-state index contributed by atoms with van der Waals surface area (Å²) in [6, 6.07) is 4.93. The number of carbonyl (C=O) groups excluding carboxylic acids is 2. The molecule has 0 spiro atoms. The van der Waals surface area contributed by atoms with Gasteiger partial charge in [-0.05, 0) is 42.8 Å². The monoisotopic (exact) mass is 597 g/mol. The Morgan fingerprint density at radius 3 is 2.56 bits per heavy atom. The van der Waals surface area contributed by atoms with Crippen LogP contribution in [-0.2, 0) is 11.0 Å². The van der Waals surface area contributed by atoms with Gasteiger partial charge in [0.1, 0.15) is 17.6 Å². The van der Waals surface area contributed by atoms with Gasteiger partial charge in [-0.25, -0.2) is 9.07 Å². The maximum Gasteiger partial charge on any atom is 0.436 e. The maximum absolute atomic E-state index is 14.3. The highest BCUT2D eigenvalue weighted by Crippen LogP contribution is 2.36. The minimum Gasteiger partial charge on any atom is -0.495 e. The van der Waals surface area contributed by atoms with Crippen molar-refractivity contribution in [3.63, 3.8) is 0 Å². The lowest BCUT2D eigenvalue weighted by Gasteiger charge is -2.21. The van der Waals surface area contributed by atoms with Crippen LogP contribution >= 0.6 is 11.6 Å². The number of primary amides is 1. The molecule has 0 aliphatic rings. The first-order valence-electron chi connectivity index (χ1n) is 13.8. The Morgan fingerprint density at radius 1 is 1.20 bits per heavy atom. The molecule has 10 nitrogen and oxygen atoms in total. The second-order valence-electron chi connectivity index (χ2n) is 8.30. The van der Waals surface area contributed by atoms with E-state index in [-0.39, 0.29) is 33.3 Å². The molecule has 2 amide bonds. The van der Waals surface area contributed by atoms with Crippen molar-refractivity contribution >= 4 is 29.1 Å². The van der Waals surface area contributed by atoms with Gasteiger partial charge in [0.25, 0.3) is 11.5 Å². The normalized spacial score (nSPS) is 14.6. The average molecular weight is 598 g/mol. The molecule has 41 heavy (non-hydrogen) atoms. The van der Waals surface area contributed by atoms with Crippen molar-refractivity contribution in [3.8, 4) is 22.6 Å². The molecule has 15 heteroatoms. The first kappa shape index (κ1) is 23.0. The van der Waals surface area contributed by atoms with Crippen molar-refractivity contribution in [1.29, 1.82) is 0 Å². The first-order valence-corrected chi connectivity index (χ1v) is 11.6. The average Bonchev–Trinajstić information content (AvgIpc) is 3.44. The lowest BCUT2D eigenvalue weighted by atomic mass is 10.0. The molecule has 1 atom stereocenters. The Kier molecular flexibility index (Phi) is 6.41. The zero-order valence-electron chi connectivity index (χ0n) is 25.7. The summed E-state index contributed by atoms with van der Waals surface area (Å²) in [7, 11) is 1.12. The van der Waals surface area contributed by atoms with Gasteiger partial charge in [0, 0.05) is 34.8 Å². The van der Waals surface area contributed by atoms with Crippen LogP contribution in [0.4, 0.5) is 23.2 Å². The number of rotatable bonds is 8. The number of alkyl halides is 3. The number of pyridine rings is 1. The quantitative estimate of drug-likeness (QED) is 0.285. The molecule has 0 bridgehead atoms. The third-order valence-electron chi connectivity index (χ3n) is 5.71. The van der Waals surface area contributed by atoms with Crippen molar-refractivity contribution in [1.82, 2.24) is 19.6 Å². The fourth-order valence-electron chi connectivity index (χ4n) is 3.80. The number of carbonyl (C=O) groups is 2. The number of nitrogens with zero attached hydrogens (tertiary/aromatic N) is 4. The molecule has 0 aliphatic heterocycles. The molecular weight excluding hydrogens is 572 g/mol. The van der Waals surface area contributed by atoms with Crippen LogP contribution in [0.25, 0.3) is 16.8 Å². The highest BCUT2D eigenvalue weighted by molar-refractivity contribution is 6.31. The number of benzene rings is 2. The lowest BCUT2D eigenvalue weighted by Crippen LogP contribution is -2.32. The number of anilines is 1. The smallest absolute Gasteiger partial charge is 0.436 e. The Morgan fingerprint density at radius 2 is 1.95 bits per heavy atom. The highest BCUT2D eigenvalue weighted by atomic mass is 35.5. The van der Waals surface area contributed by atoms with Crippen LogP contribution in [0.3, 0.4) is 0 Å². The number of hydrogen-bond donors (Lipinski definition) is 2. The number of nitrogens with one attached hydrogen (secondary N) is 1. The van der Waals surface area contributed by atoms with Crippen LogP contribution in [-0.4, -0.2) is 38.5 Å². The molecule has 2 aromatic carbocycles. The summed E-state index contributed by atoms with van der Waals surface area (Å²) in [6.07, 6.45) is -6.84. The summed E-state index contributed by atoms with van der Waals surface area (Å²) in [6.45, 7) is -3.50. The molecule has 2 aromatic heterocycles. The molecule has 4 aromatic rings. The number of amides is 2. The molecule has 4 rings (SSSR count). The maximum atomic E-state index is 14.3. The summed E-state index contributed by atoms with van der Waals surface area (Å²) in [5.41, 5.74) is 1.59. The van der Waals surface area contributed by atoms with E-state index < -0.39 is 59.9 Å². The molecule has 0 radical (unpaired) electrons. The Bertz CT molecular complexity index is 1900. The van der Waals surface area contributed by atoms with Crippen molar-refractivity contribution in [2.45, 2.75) is 25.4 Å². The van der Waals surface area contributed by atoms with Gasteiger partial charge in [0.15, 0.2) is 5.69 Å². The van der Waals surface area contributed by atoms with Crippen LogP contribution in [0.5, 0.6) is 5.75 Å². The largest absolute Gasteiger partial charge is 0.495 e. The van der Waals surface area contributed by atoms with Gasteiger partial charge in [-0.3, -0.25) is 19.0 Å². The van der Waals surface area contributed by atoms with E-state index in [9.17, 15) is 31.9 Å². The molecule has 0 unspecified atom stereocenters. The van der Waals surface area contributed by atoms with Crippen molar-refractivity contribution in [2.75, 3.05) is 12.4 Å². The molecule has 214 valence electrons. The van der Waals surface area contributed by atoms with Crippen LogP contribution < -0.4 is 21.3 Å². The molecule has 0 fully saturated rings. The highest BCUT2D eigenvalue weighted by Gasteiger charge is 2.35. The van der Waals surface area contributed by atoms with Gasteiger partial charge in [-0.2, -0.15) is 13.2 Å². The van der Waals surface area contributed by atoms with Crippen LogP contribution in [0.15, 0.2) is 59.7 Å². The van der Waals surface area contributed by atoms with Crippen molar-refractivity contribution in [2.24, 2.45) is 5.73 Å². The Labute approximate surface area is 241 Å². The zero-order valence-corrected chi connectivity index (χ0v) is 21.4. The number of hydrogen-bond acceptors (Lipinski definition) is 6.